The number of unbranched alkanes of at least 4 members (excludes halogenated alkanes) is 1. The smallest absolute Gasteiger partial charge is 0.132 e. The van der Waals surface area contributed by atoms with E-state index in [1.54, 1.807) is 6.07 Å². The number of hydrogen-bond donors (Lipinski definition) is 0. The van der Waals surface area contributed by atoms with Gasteiger partial charge in [0.05, 0.1) is 0 Å². The largest absolute Gasteiger partial charge is 0.206 e. The Balaban J connectivity index is 1.33. The first kappa shape index (κ1) is 26.5. The average molecular weight is 511 g/mol. The van der Waals surface area contributed by atoms with Gasteiger partial charge in [-0.05, 0) is 101 Å². The Morgan fingerprint density at radius 2 is 1.26 bits per heavy atom. The van der Waals surface area contributed by atoms with Crippen LogP contribution in [0.15, 0.2) is 97.1 Å². The zero-order valence-electron chi connectivity index (χ0n) is 23.2. The lowest BCUT2D eigenvalue weighted by molar-refractivity contribution is 0.630. The summed E-state index contributed by atoms with van der Waals surface area (Å²) in [5, 5.41) is 2.55. The molecule has 0 bridgehead atoms. The van der Waals surface area contributed by atoms with Gasteiger partial charge < -0.3 is 0 Å². The molecule has 0 atom stereocenters. The molecule has 0 unspecified atom stereocenters. The first-order valence-electron chi connectivity index (χ1n) is 14.1. The molecule has 0 aliphatic rings. The molecule has 0 aromatic heterocycles. The highest BCUT2D eigenvalue weighted by atomic mass is 19.1. The summed E-state index contributed by atoms with van der Waals surface area (Å²) >= 11 is 0. The second-order valence-corrected chi connectivity index (χ2v) is 10.4. The maximum atomic E-state index is 15.1. The van der Waals surface area contributed by atoms with Crippen LogP contribution in [-0.4, -0.2) is 0 Å². The number of benzene rings is 5. The summed E-state index contributed by atoms with van der Waals surface area (Å²) < 4.78 is 15.1. The third-order valence-electron chi connectivity index (χ3n) is 7.40. The molecule has 0 N–H and O–H groups in total. The molecule has 0 radical (unpaired) electrons. The van der Waals surface area contributed by atoms with Crippen LogP contribution in [0.25, 0.3) is 33.0 Å². The summed E-state index contributed by atoms with van der Waals surface area (Å²) in [4.78, 5) is 0. The van der Waals surface area contributed by atoms with Gasteiger partial charge in [0.2, 0.25) is 0 Å². The summed E-state index contributed by atoms with van der Waals surface area (Å²) in [6.45, 7) is 6.39. The number of halogens is 1. The van der Waals surface area contributed by atoms with Gasteiger partial charge in [0.1, 0.15) is 5.82 Å². The van der Waals surface area contributed by atoms with Crippen molar-refractivity contribution in [1.82, 2.24) is 0 Å². The van der Waals surface area contributed by atoms with Crippen LogP contribution >= 0.6 is 0 Å². The Labute approximate surface area is 232 Å². The molecule has 0 aliphatic carbocycles. The summed E-state index contributed by atoms with van der Waals surface area (Å²) in [6, 6.07) is 33.4. The fourth-order valence-electron chi connectivity index (χ4n) is 5.07. The molecule has 0 saturated carbocycles. The first-order chi connectivity index (χ1) is 19.0. The number of aryl methyl sites for hydroxylation is 3. The lowest BCUT2D eigenvalue weighted by Gasteiger charge is -2.08. The van der Waals surface area contributed by atoms with Crippen LogP contribution in [0, 0.1) is 24.6 Å². The summed E-state index contributed by atoms with van der Waals surface area (Å²) in [5.41, 5.74) is 9.17. The van der Waals surface area contributed by atoms with Crippen molar-refractivity contribution in [2.45, 2.75) is 52.9 Å². The second-order valence-electron chi connectivity index (χ2n) is 10.4. The highest BCUT2D eigenvalue weighted by molar-refractivity contribution is 5.88. The highest BCUT2D eigenvalue weighted by Crippen LogP contribution is 2.28. The van der Waals surface area contributed by atoms with Crippen LogP contribution in [0.2, 0.25) is 0 Å². The van der Waals surface area contributed by atoms with E-state index in [4.69, 9.17) is 0 Å². The van der Waals surface area contributed by atoms with Gasteiger partial charge in [0, 0.05) is 16.7 Å². The molecule has 0 saturated heterocycles. The minimum absolute atomic E-state index is 0.239. The van der Waals surface area contributed by atoms with Crippen molar-refractivity contribution in [2.75, 3.05) is 0 Å². The van der Waals surface area contributed by atoms with Crippen molar-refractivity contribution in [3.8, 4) is 34.1 Å². The fraction of sp³-hybridized carbons (Fsp3) is 0.211. The Morgan fingerprint density at radius 1 is 0.590 bits per heavy atom. The van der Waals surface area contributed by atoms with Gasteiger partial charge in [0.15, 0.2) is 0 Å². The van der Waals surface area contributed by atoms with Gasteiger partial charge in [-0.3, -0.25) is 0 Å². The average Bonchev–Trinajstić information content (AvgIpc) is 2.97. The Bertz CT molecular complexity index is 1640. The van der Waals surface area contributed by atoms with E-state index in [0.717, 1.165) is 47.1 Å². The van der Waals surface area contributed by atoms with Crippen LogP contribution < -0.4 is 0 Å². The zero-order chi connectivity index (χ0) is 27.2. The molecule has 5 aromatic carbocycles. The third-order valence-corrected chi connectivity index (χ3v) is 7.40. The van der Waals surface area contributed by atoms with Crippen molar-refractivity contribution in [2.24, 2.45) is 0 Å². The predicted molar refractivity (Wildman–Crippen MR) is 165 cm³/mol. The van der Waals surface area contributed by atoms with E-state index in [9.17, 15) is 0 Å². The molecule has 0 heterocycles. The van der Waals surface area contributed by atoms with Crippen molar-refractivity contribution >= 4 is 10.8 Å². The lowest BCUT2D eigenvalue weighted by atomic mass is 9.97. The molecule has 0 fully saturated rings. The van der Waals surface area contributed by atoms with Crippen LogP contribution in [-0.2, 0) is 12.8 Å². The van der Waals surface area contributed by atoms with Crippen LogP contribution in [0.5, 0.6) is 0 Å². The van der Waals surface area contributed by atoms with Gasteiger partial charge in [-0.25, -0.2) is 4.39 Å². The molecule has 194 valence electrons. The SMILES string of the molecule is CCCCc1ccc2cc(-c3ccc(C#Cc4cc(F)c(-c5ccc(CCC)cc5)cc4C)cc3)ccc2c1. The van der Waals surface area contributed by atoms with Crippen LogP contribution in [0.3, 0.4) is 0 Å². The van der Waals surface area contributed by atoms with E-state index in [2.05, 4.69) is 86.4 Å². The van der Waals surface area contributed by atoms with E-state index < -0.39 is 0 Å². The van der Waals surface area contributed by atoms with Gasteiger partial charge >= 0.3 is 0 Å². The minimum Gasteiger partial charge on any atom is -0.206 e. The van der Waals surface area contributed by atoms with E-state index in [-0.39, 0.29) is 5.82 Å². The number of hydrogen-bond acceptors (Lipinski definition) is 0. The monoisotopic (exact) mass is 510 g/mol. The van der Waals surface area contributed by atoms with Gasteiger partial charge in [-0.1, -0.05) is 105 Å². The molecule has 0 spiro atoms. The number of rotatable bonds is 7. The van der Waals surface area contributed by atoms with E-state index >= 15 is 4.39 Å². The van der Waals surface area contributed by atoms with Crippen molar-refractivity contribution in [3.63, 3.8) is 0 Å². The quantitative estimate of drug-likeness (QED) is 0.191. The molecule has 0 nitrogen and oxygen atoms in total. The van der Waals surface area contributed by atoms with Gasteiger partial charge in [-0.15, -0.1) is 0 Å². The minimum atomic E-state index is -0.239. The Kier molecular flexibility index (Phi) is 8.24. The molecule has 39 heavy (non-hydrogen) atoms. The second kappa shape index (κ2) is 12.1. The summed E-state index contributed by atoms with van der Waals surface area (Å²) in [5.74, 6) is 6.17. The summed E-state index contributed by atoms with van der Waals surface area (Å²) in [6.07, 6.45) is 5.73. The normalized spacial score (nSPS) is 10.9. The van der Waals surface area contributed by atoms with E-state index in [1.165, 1.54) is 40.3 Å². The topological polar surface area (TPSA) is 0 Å². The van der Waals surface area contributed by atoms with Crippen LogP contribution in [0.4, 0.5) is 4.39 Å². The molecule has 1 heteroatoms. The highest BCUT2D eigenvalue weighted by Gasteiger charge is 2.09. The van der Waals surface area contributed by atoms with Gasteiger partial charge in [0.25, 0.3) is 0 Å². The maximum absolute atomic E-state index is 15.1. The van der Waals surface area contributed by atoms with Crippen molar-refractivity contribution < 1.29 is 4.39 Å². The molecule has 5 aromatic rings. The van der Waals surface area contributed by atoms with Crippen molar-refractivity contribution in [3.05, 3.63) is 131 Å². The standard InChI is InChI=1S/C38H35F/c1-4-6-8-30-14-20-36-25-35(22-21-34(36)24-30)31-15-9-29(10-16-31)13-19-33-26-38(39)37(23-27(33)3)32-17-11-28(7-5-2)12-18-32/h9-12,14-18,20-26H,4-8H2,1-3H3. The Hall–Kier alpha value is -4.15. The predicted octanol–water partition coefficient (Wildman–Crippen LogP) is 10.3. The zero-order valence-corrected chi connectivity index (χ0v) is 23.2. The number of fused-ring (bicyclic) bond motifs is 1. The molecule has 0 aliphatic heterocycles. The fourth-order valence-corrected chi connectivity index (χ4v) is 5.07. The van der Waals surface area contributed by atoms with Gasteiger partial charge in [-0.2, -0.15) is 0 Å². The van der Waals surface area contributed by atoms with Crippen molar-refractivity contribution in [1.29, 1.82) is 0 Å². The molecular formula is C38H35F. The summed E-state index contributed by atoms with van der Waals surface area (Å²) in [7, 11) is 0. The first-order valence-corrected chi connectivity index (χ1v) is 14.1. The Morgan fingerprint density at radius 3 is 2.00 bits per heavy atom. The van der Waals surface area contributed by atoms with E-state index in [1.807, 2.05) is 37.3 Å². The van der Waals surface area contributed by atoms with E-state index in [0.29, 0.717) is 5.56 Å². The molecule has 5 rings (SSSR count). The molecular weight excluding hydrogens is 475 g/mol. The lowest BCUT2D eigenvalue weighted by Crippen LogP contribution is -1.91. The molecule has 0 amide bonds. The maximum Gasteiger partial charge on any atom is 0.132 e. The third kappa shape index (κ3) is 6.30. The van der Waals surface area contributed by atoms with Crippen LogP contribution in [0.1, 0.15) is 60.9 Å².